The van der Waals surface area contributed by atoms with Gasteiger partial charge in [0.1, 0.15) is 0 Å². The number of carbonyl (C=O) groups excluding carboxylic acids is 1. The summed E-state index contributed by atoms with van der Waals surface area (Å²) >= 11 is 0. The predicted molar refractivity (Wildman–Crippen MR) is 101 cm³/mol. The van der Waals surface area contributed by atoms with Gasteiger partial charge in [0.05, 0.1) is 16.4 Å². The van der Waals surface area contributed by atoms with Crippen LogP contribution in [0.3, 0.4) is 0 Å². The Labute approximate surface area is 177 Å². The molecule has 1 aliphatic heterocycles. The molecule has 170 valence electrons. The molecule has 0 spiro atoms. The Morgan fingerprint density at radius 3 is 2.58 bits per heavy atom. The number of alkyl halides is 3. The fourth-order valence-corrected chi connectivity index (χ4v) is 5.00. The van der Waals surface area contributed by atoms with Crippen LogP contribution in [0.1, 0.15) is 43.5 Å². The summed E-state index contributed by atoms with van der Waals surface area (Å²) in [5.41, 5.74) is -1.21. The van der Waals surface area contributed by atoms with Crippen molar-refractivity contribution in [3.8, 4) is 0 Å². The molecule has 0 radical (unpaired) electrons. The first-order valence-corrected chi connectivity index (χ1v) is 11.2. The number of benzene rings is 1. The van der Waals surface area contributed by atoms with Crippen LogP contribution in [-0.4, -0.2) is 41.9 Å². The lowest BCUT2D eigenvalue weighted by Gasteiger charge is -2.30. The maximum atomic E-state index is 13.2. The van der Waals surface area contributed by atoms with Gasteiger partial charge in [0, 0.05) is 19.5 Å². The van der Waals surface area contributed by atoms with Gasteiger partial charge in [0.15, 0.2) is 12.4 Å². The van der Waals surface area contributed by atoms with Gasteiger partial charge in [0.2, 0.25) is 10.0 Å². The summed E-state index contributed by atoms with van der Waals surface area (Å²) in [6, 6.07) is 4.06. The first-order valence-electron chi connectivity index (χ1n) is 9.77. The Bertz CT molecular complexity index is 1010. The SMILES string of the molecule is CCCc1noc(COC(=O)C2CCN(S(=O)(=O)c3ccccc3C(F)(F)F)CC2)n1. The number of ether oxygens (including phenoxy) is 1. The maximum absolute atomic E-state index is 13.2. The van der Waals surface area contributed by atoms with Gasteiger partial charge in [-0.05, 0) is 31.4 Å². The minimum Gasteiger partial charge on any atom is -0.455 e. The van der Waals surface area contributed by atoms with Gasteiger partial charge in [0.25, 0.3) is 5.89 Å². The van der Waals surface area contributed by atoms with Crippen LogP contribution >= 0.6 is 0 Å². The zero-order chi connectivity index (χ0) is 22.6. The fourth-order valence-electron chi connectivity index (χ4n) is 3.32. The van der Waals surface area contributed by atoms with Crippen molar-refractivity contribution in [2.24, 2.45) is 5.92 Å². The smallest absolute Gasteiger partial charge is 0.417 e. The number of aryl methyl sites for hydroxylation is 1. The minimum absolute atomic E-state index is 0.0878. The van der Waals surface area contributed by atoms with Gasteiger partial charge in [-0.25, -0.2) is 8.42 Å². The Hall–Kier alpha value is -2.47. The minimum atomic E-state index is -4.79. The third kappa shape index (κ3) is 5.42. The highest BCUT2D eigenvalue weighted by molar-refractivity contribution is 7.89. The predicted octanol–water partition coefficient (Wildman–Crippen LogP) is 3.19. The Balaban J connectivity index is 1.59. The second kappa shape index (κ2) is 9.35. The Morgan fingerprint density at radius 2 is 1.94 bits per heavy atom. The van der Waals surface area contributed by atoms with Crippen molar-refractivity contribution in [2.75, 3.05) is 13.1 Å². The van der Waals surface area contributed by atoms with Crippen LogP contribution in [0.15, 0.2) is 33.7 Å². The number of carbonyl (C=O) groups is 1. The lowest BCUT2D eigenvalue weighted by Crippen LogP contribution is -2.41. The van der Waals surface area contributed by atoms with Crippen LogP contribution in [0.25, 0.3) is 0 Å². The first-order chi connectivity index (χ1) is 14.6. The van der Waals surface area contributed by atoms with Gasteiger partial charge in [-0.2, -0.15) is 22.5 Å². The Kier molecular flexibility index (Phi) is 6.99. The molecule has 2 heterocycles. The molecule has 0 N–H and O–H groups in total. The maximum Gasteiger partial charge on any atom is 0.417 e. The van der Waals surface area contributed by atoms with E-state index in [-0.39, 0.29) is 38.4 Å². The van der Waals surface area contributed by atoms with Crippen LogP contribution in [0.2, 0.25) is 0 Å². The first kappa shape index (κ1) is 23.2. The van der Waals surface area contributed by atoms with Gasteiger partial charge in [-0.1, -0.05) is 24.2 Å². The van der Waals surface area contributed by atoms with Crippen molar-refractivity contribution in [1.29, 1.82) is 0 Å². The number of halogens is 3. The molecule has 1 fully saturated rings. The van der Waals surface area contributed by atoms with E-state index in [0.29, 0.717) is 12.2 Å². The molecular formula is C19H22F3N3O5S. The van der Waals surface area contributed by atoms with Crippen molar-refractivity contribution in [1.82, 2.24) is 14.4 Å². The molecule has 2 aromatic rings. The second-order valence-corrected chi connectivity index (χ2v) is 9.04. The largest absolute Gasteiger partial charge is 0.455 e. The number of aromatic nitrogens is 2. The summed E-state index contributed by atoms with van der Waals surface area (Å²) in [4.78, 5) is 15.6. The van der Waals surface area contributed by atoms with Crippen molar-refractivity contribution in [3.05, 3.63) is 41.5 Å². The molecule has 31 heavy (non-hydrogen) atoms. The number of rotatable bonds is 7. The molecule has 0 atom stereocenters. The number of hydrogen-bond donors (Lipinski definition) is 0. The topological polar surface area (TPSA) is 103 Å². The molecule has 1 aliphatic rings. The average Bonchev–Trinajstić information content (AvgIpc) is 3.19. The Morgan fingerprint density at radius 1 is 1.26 bits per heavy atom. The van der Waals surface area contributed by atoms with E-state index in [2.05, 4.69) is 10.1 Å². The lowest BCUT2D eigenvalue weighted by molar-refractivity contribution is -0.152. The van der Waals surface area contributed by atoms with Gasteiger partial charge in [-0.15, -0.1) is 0 Å². The monoisotopic (exact) mass is 461 g/mol. The molecule has 0 unspecified atom stereocenters. The summed E-state index contributed by atoms with van der Waals surface area (Å²) in [5.74, 6) is -0.419. The highest BCUT2D eigenvalue weighted by atomic mass is 32.2. The van der Waals surface area contributed by atoms with Crippen LogP contribution in [0, 0.1) is 5.92 Å². The molecule has 0 bridgehead atoms. The van der Waals surface area contributed by atoms with E-state index in [1.807, 2.05) is 6.92 Å². The highest BCUT2D eigenvalue weighted by Crippen LogP contribution is 2.36. The van der Waals surface area contributed by atoms with E-state index in [1.165, 1.54) is 6.07 Å². The molecule has 1 aromatic carbocycles. The molecule has 8 nitrogen and oxygen atoms in total. The van der Waals surface area contributed by atoms with Gasteiger partial charge >= 0.3 is 12.1 Å². The second-order valence-electron chi connectivity index (χ2n) is 7.13. The molecule has 1 saturated heterocycles. The number of nitrogens with zero attached hydrogens (tertiary/aromatic N) is 3. The number of sulfonamides is 1. The van der Waals surface area contributed by atoms with E-state index in [4.69, 9.17) is 9.26 Å². The zero-order valence-corrected chi connectivity index (χ0v) is 17.6. The van der Waals surface area contributed by atoms with Crippen LogP contribution in [-0.2, 0) is 38.8 Å². The van der Waals surface area contributed by atoms with Crippen molar-refractivity contribution < 1.29 is 35.6 Å². The average molecular weight is 461 g/mol. The molecular weight excluding hydrogens is 439 g/mol. The summed E-state index contributed by atoms with van der Waals surface area (Å²) in [5, 5.41) is 3.76. The number of esters is 1. The van der Waals surface area contributed by atoms with Crippen LogP contribution < -0.4 is 0 Å². The number of hydrogen-bond acceptors (Lipinski definition) is 7. The third-order valence-corrected chi connectivity index (χ3v) is 6.88. The normalized spacial score (nSPS) is 16.4. The molecule has 0 aliphatic carbocycles. The highest BCUT2D eigenvalue weighted by Gasteiger charge is 2.40. The van der Waals surface area contributed by atoms with Crippen LogP contribution in [0.5, 0.6) is 0 Å². The van der Waals surface area contributed by atoms with Crippen molar-refractivity contribution in [2.45, 2.75) is 50.3 Å². The molecule has 3 rings (SSSR count). The standard InChI is InChI=1S/C19H22F3N3O5S/c1-2-5-16-23-17(30-24-16)12-29-18(26)13-8-10-25(11-9-13)31(27,28)15-7-4-3-6-14(15)19(20,21)22/h3-4,6-7,13H,2,5,8-12H2,1H3. The van der Waals surface area contributed by atoms with E-state index in [0.717, 1.165) is 28.9 Å². The number of piperidine rings is 1. The molecule has 1 aromatic heterocycles. The zero-order valence-electron chi connectivity index (χ0n) is 16.8. The molecule has 12 heteroatoms. The summed E-state index contributed by atoms with van der Waals surface area (Å²) in [7, 11) is -4.36. The molecule has 0 saturated carbocycles. The van der Waals surface area contributed by atoms with E-state index < -0.39 is 38.5 Å². The van der Waals surface area contributed by atoms with E-state index in [9.17, 15) is 26.4 Å². The van der Waals surface area contributed by atoms with Crippen LogP contribution in [0.4, 0.5) is 13.2 Å². The van der Waals surface area contributed by atoms with Crippen molar-refractivity contribution >= 4 is 16.0 Å². The summed E-state index contributed by atoms with van der Waals surface area (Å²) < 4.78 is 76.4. The lowest BCUT2D eigenvalue weighted by atomic mass is 9.98. The van der Waals surface area contributed by atoms with E-state index >= 15 is 0 Å². The summed E-state index contributed by atoms with van der Waals surface area (Å²) in [6.45, 7) is 1.60. The van der Waals surface area contributed by atoms with Gasteiger partial charge < -0.3 is 9.26 Å². The van der Waals surface area contributed by atoms with Crippen molar-refractivity contribution in [3.63, 3.8) is 0 Å². The van der Waals surface area contributed by atoms with E-state index in [1.54, 1.807) is 0 Å². The fraction of sp³-hybridized carbons (Fsp3) is 0.526. The third-order valence-electron chi connectivity index (χ3n) is 4.92. The quantitative estimate of drug-likeness (QED) is 0.584. The van der Waals surface area contributed by atoms with Gasteiger partial charge in [-0.3, -0.25) is 4.79 Å². The molecule has 0 amide bonds. The summed E-state index contributed by atoms with van der Waals surface area (Å²) in [6.07, 6.45) is -3.04.